The molecule has 1 N–H and O–H groups in total. The first-order chi connectivity index (χ1) is 10.4. The van der Waals surface area contributed by atoms with Crippen molar-refractivity contribution < 1.29 is 18.3 Å². The molecular weight excluding hydrogens is 304 g/mol. The maximum atomic E-state index is 12.4. The van der Waals surface area contributed by atoms with Crippen molar-refractivity contribution in [1.29, 1.82) is 0 Å². The fraction of sp³-hybridized carbons (Fsp3) is 0.533. The van der Waals surface area contributed by atoms with Crippen LogP contribution in [0.2, 0.25) is 0 Å². The lowest BCUT2D eigenvalue weighted by molar-refractivity contribution is 0.0732. The van der Waals surface area contributed by atoms with Crippen LogP contribution in [0.15, 0.2) is 29.2 Å². The second-order valence-corrected chi connectivity index (χ2v) is 6.66. The standard InChI is InChI=1S/C15H24N2O4S/c1-4-16(11-12-18)15(19)13-7-9-14(10-8-13)22(20,21)17(5-2)6-3/h7-10,18H,4-6,11-12H2,1-3H3. The molecule has 124 valence electrons. The molecule has 0 radical (unpaired) electrons. The van der Waals surface area contributed by atoms with Crippen molar-refractivity contribution in [3.05, 3.63) is 29.8 Å². The van der Waals surface area contributed by atoms with Crippen LogP contribution in [0.1, 0.15) is 31.1 Å². The quantitative estimate of drug-likeness (QED) is 0.777. The summed E-state index contributed by atoms with van der Waals surface area (Å²) in [5.41, 5.74) is 0.411. The Balaban J connectivity index is 3.02. The van der Waals surface area contributed by atoms with Gasteiger partial charge in [-0.15, -0.1) is 0 Å². The normalized spacial score (nSPS) is 11.7. The first-order valence-electron chi connectivity index (χ1n) is 7.42. The lowest BCUT2D eigenvalue weighted by Crippen LogP contribution is -2.33. The van der Waals surface area contributed by atoms with Gasteiger partial charge in [0.05, 0.1) is 11.5 Å². The van der Waals surface area contributed by atoms with E-state index in [1.807, 2.05) is 6.92 Å². The highest BCUT2D eigenvalue weighted by atomic mass is 32.2. The Kier molecular flexibility index (Phi) is 6.99. The van der Waals surface area contributed by atoms with Crippen LogP contribution in [-0.2, 0) is 10.0 Å². The molecule has 1 amide bonds. The zero-order valence-corrected chi connectivity index (χ0v) is 14.1. The summed E-state index contributed by atoms with van der Waals surface area (Å²) in [4.78, 5) is 13.9. The maximum absolute atomic E-state index is 12.4. The number of carbonyl (C=O) groups excluding carboxylic acids is 1. The topological polar surface area (TPSA) is 77.9 Å². The number of aliphatic hydroxyl groups excluding tert-OH is 1. The number of hydrogen-bond donors (Lipinski definition) is 1. The van der Waals surface area contributed by atoms with Crippen LogP contribution >= 0.6 is 0 Å². The van der Waals surface area contributed by atoms with Gasteiger partial charge < -0.3 is 10.0 Å². The van der Waals surface area contributed by atoms with Gasteiger partial charge >= 0.3 is 0 Å². The van der Waals surface area contributed by atoms with Crippen molar-refractivity contribution in [2.75, 3.05) is 32.8 Å². The van der Waals surface area contributed by atoms with Gasteiger partial charge in [0.2, 0.25) is 10.0 Å². The van der Waals surface area contributed by atoms with Crippen LogP contribution in [0.25, 0.3) is 0 Å². The van der Waals surface area contributed by atoms with Gasteiger partial charge in [-0.3, -0.25) is 4.79 Å². The summed E-state index contributed by atoms with van der Waals surface area (Å²) < 4.78 is 26.1. The molecular formula is C15H24N2O4S. The molecule has 0 spiro atoms. The van der Waals surface area contributed by atoms with Gasteiger partial charge in [-0.25, -0.2) is 8.42 Å². The van der Waals surface area contributed by atoms with Gasteiger partial charge in [-0.05, 0) is 31.2 Å². The van der Waals surface area contributed by atoms with Gasteiger partial charge in [0.15, 0.2) is 0 Å². The Bertz CT molecular complexity index is 580. The van der Waals surface area contributed by atoms with Gasteiger partial charge in [0.25, 0.3) is 5.91 Å². The van der Waals surface area contributed by atoms with E-state index in [2.05, 4.69) is 0 Å². The number of benzene rings is 1. The molecule has 0 aliphatic rings. The van der Waals surface area contributed by atoms with E-state index < -0.39 is 10.0 Å². The number of rotatable bonds is 8. The third-order valence-corrected chi connectivity index (χ3v) is 5.55. The summed E-state index contributed by atoms with van der Waals surface area (Å²) in [7, 11) is -3.51. The van der Waals surface area contributed by atoms with E-state index in [4.69, 9.17) is 5.11 Å². The number of hydrogen-bond acceptors (Lipinski definition) is 4. The summed E-state index contributed by atoms with van der Waals surface area (Å²) >= 11 is 0. The van der Waals surface area contributed by atoms with E-state index in [-0.39, 0.29) is 24.0 Å². The molecule has 1 aromatic rings. The molecule has 0 bridgehead atoms. The van der Waals surface area contributed by atoms with Gasteiger partial charge in [-0.2, -0.15) is 4.31 Å². The molecule has 0 atom stereocenters. The minimum atomic E-state index is -3.51. The molecule has 7 heteroatoms. The molecule has 0 saturated heterocycles. The SMILES string of the molecule is CCN(CCO)C(=O)c1ccc(S(=O)(=O)N(CC)CC)cc1. The van der Waals surface area contributed by atoms with Gasteiger partial charge in [0, 0.05) is 31.7 Å². The predicted molar refractivity (Wildman–Crippen MR) is 85.2 cm³/mol. The Morgan fingerprint density at radius 2 is 1.59 bits per heavy atom. The third kappa shape index (κ3) is 4.06. The Morgan fingerprint density at radius 1 is 1.05 bits per heavy atom. The van der Waals surface area contributed by atoms with Crippen LogP contribution in [-0.4, -0.2) is 61.4 Å². The monoisotopic (exact) mass is 328 g/mol. The Labute approximate surface area is 132 Å². The maximum Gasteiger partial charge on any atom is 0.253 e. The minimum absolute atomic E-state index is 0.103. The minimum Gasteiger partial charge on any atom is -0.395 e. The molecule has 0 aliphatic heterocycles. The summed E-state index contributed by atoms with van der Waals surface area (Å²) in [6, 6.07) is 5.93. The third-order valence-electron chi connectivity index (χ3n) is 3.48. The highest BCUT2D eigenvalue weighted by molar-refractivity contribution is 7.89. The number of aliphatic hydroxyl groups is 1. The molecule has 6 nitrogen and oxygen atoms in total. The van der Waals surface area contributed by atoms with Crippen molar-refractivity contribution in [3.63, 3.8) is 0 Å². The van der Waals surface area contributed by atoms with E-state index in [9.17, 15) is 13.2 Å². The number of likely N-dealkylation sites (N-methyl/N-ethyl adjacent to an activating group) is 1. The lowest BCUT2D eigenvalue weighted by Gasteiger charge is -2.20. The van der Waals surface area contributed by atoms with Crippen LogP contribution in [0.5, 0.6) is 0 Å². The van der Waals surface area contributed by atoms with E-state index in [0.29, 0.717) is 25.2 Å². The molecule has 0 aromatic heterocycles. The van der Waals surface area contributed by atoms with Gasteiger partial charge in [0.1, 0.15) is 0 Å². The first kappa shape index (κ1) is 18.6. The molecule has 0 saturated carbocycles. The summed E-state index contributed by atoms with van der Waals surface area (Å²) in [5, 5.41) is 8.95. The molecule has 1 rings (SSSR count). The van der Waals surface area contributed by atoms with E-state index in [1.165, 1.54) is 33.5 Å². The van der Waals surface area contributed by atoms with Crippen LogP contribution in [0.3, 0.4) is 0 Å². The lowest BCUT2D eigenvalue weighted by atomic mass is 10.2. The van der Waals surface area contributed by atoms with Crippen molar-refractivity contribution in [1.82, 2.24) is 9.21 Å². The van der Waals surface area contributed by atoms with Crippen molar-refractivity contribution >= 4 is 15.9 Å². The van der Waals surface area contributed by atoms with Crippen LogP contribution < -0.4 is 0 Å². The second-order valence-electron chi connectivity index (χ2n) is 4.72. The fourth-order valence-corrected chi connectivity index (χ4v) is 3.65. The van der Waals surface area contributed by atoms with Gasteiger partial charge in [-0.1, -0.05) is 13.8 Å². The van der Waals surface area contributed by atoms with E-state index in [1.54, 1.807) is 13.8 Å². The average molecular weight is 328 g/mol. The Morgan fingerprint density at radius 3 is 2.00 bits per heavy atom. The van der Waals surface area contributed by atoms with Crippen LogP contribution in [0.4, 0.5) is 0 Å². The van der Waals surface area contributed by atoms with Crippen LogP contribution in [0, 0.1) is 0 Å². The average Bonchev–Trinajstić information content (AvgIpc) is 2.53. The molecule has 0 aliphatic carbocycles. The highest BCUT2D eigenvalue weighted by Crippen LogP contribution is 2.17. The highest BCUT2D eigenvalue weighted by Gasteiger charge is 2.22. The first-order valence-corrected chi connectivity index (χ1v) is 8.86. The zero-order valence-electron chi connectivity index (χ0n) is 13.3. The van der Waals surface area contributed by atoms with E-state index in [0.717, 1.165) is 0 Å². The van der Waals surface area contributed by atoms with Crippen molar-refractivity contribution in [2.24, 2.45) is 0 Å². The molecule has 0 unspecified atom stereocenters. The fourth-order valence-electron chi connectivity index (χ4n) is 2.19. The molecule has 1 aromatic carbocycles. The summed E-state index contributed by atoms with van der Waals surface area (Å²) in [5.74, 6) is -0.219. The summed E-state index contributed by atoms with van der Waals surface area (Å²) in [6.07, 6.45) is 0. The molecule has 0 fully saturated rings. The number of carbonyl (C=O) groups is 1. The van der Waals surface area contributed by atoms with Crippen molar-refractivity contribution in [3.8, 4) is 0 Å². The van der Waals surface area contributed by atoms with E-state index >= 15 is 0 Å². The second kappa shape index (κ2) is 8.26. The summed E-state index contributed by atoms with van der Waals surface area (Å²) in [6.45, 7) is 6.84. The number of sulfonamides is 1. The number of nitrogens with zero attached hydrogens (tertiary/aromatic N) is 2. The largest absolute Gasteiger partial charge is 0.395 e. The molecule has 0 heterocycles. The predicted octanol–water partition coefficient (Wildman–Crippen LogP) is 1.17. The molecule has 22 heavy (non-hydrogen) atoms. The Hall–Kier alpha value is -1.44. The smallest absolute Gasteiger partial charge is 0.253 e. The number of amides is 1. The van der Waals surface area contributed by atoms with Crippen molar-refractivity contribution in [2.45, 2.75) is 25.7 Å². The zero-order chi connectivity index (χ0) is 16.8.